The molecule has 3 rings (SSSR count). The van der Waals surface area contributed by atoms with Crippen molar-refractivity contribution in [3.8, 4) is 0 Å². The van der Waals surface area contributed by atoms with E-state index in [1.54, 1.807) is 0 Å². The molecule has 1 saturated heterocycles. The summed E-state index contributed by atoms with van der Waals surface area (Å²) in [6, 6.07) is 0. The quantitative estimate of drug-likeness (QED) is 0.933. The molecule has 0 bridgehead atoms. The van der Waals surface area contributed by atoms with E-state index in [4.69, 9.17) is 11.6 Å². The van der Waals surface area contributed by atoms with Crippen LogP contribution in [0.25, 0.3) is 0 Å². The highest BCUT2D eigenvalue weighted by atomic mass is 35.5. The molecule has 4 nitrogen and oxygen atoms in total. The highest BCUT2D eigenvalue weighted by Crippen LogP contribution is 2.40. The molecule has 118 valence electrons. The molecule has 1 aromatic heterocycles. The van der Waals surface area contributed by atoms with Gasteiger partial charge in [-0.3, -0.25) is 9.58 Å². The van der Waals surface area contributed by atoms with Crippen LogP contribution < -0.4 is 0 Å². The maximum absolute atomic E-state index is 10.8. The zero-order chi connectivity index (χ0) is 15.0. The van der Waals surface area contributed by atoms with E-state index in [9.17, 15) is 5.11 Å². The first-order chi connectivity index (χ1) is 10.0. The van der Waals surface area contributed by atoms with Gasteiger partial charge < -0.3 is 5.11 Å². The Balaban J connectivity index is 1.71. The van der Waals surface area contributed by atoms with Crippen LogP contribution in [0.3, 0.4) is 0 Å². The van der Waals surface area contributed by atoms with E-state index in [2.05, 4.69) is 16.9 Å². The van der Waals surface area contributed by atoms with E-state index < -0.39 is 5.60 Å². The molecule has 2 fully saturated rings. The Bertz CT molecular complexity index is 516. The van der Waals surface area contributed by atoms with Gasteiger partial charge in [0.2, 0.25) is 0 Å². The van der Waals surface area contributed by atoms with Gasteiger partial charge in [0.15, 0.2) is 0 Å². The van der Waals surface area contributed by atoms with E-state index in [1.165, 1.54) is 12.8 Å². The number of nitrogens with zero attached hydrogens (tertiary/aromatic N) is 3. The second-order valence-corrected chi connectivity index (χ2v) is 7.09. The smallest absolute Gasteiger partial charge is 0.0863 e. The fraction of sp³-hybridized carbons (Fsp3) is 0.812. The minimum absolute atomic E-state index is 0.403. The molecule has 2 unspecified atom stereocenters. The molecule has 2 atom stereocenters. The molecule has 2 heterocycles. The van der Waals surface area contributed by atoms with Gasteiger partial charge in [-0.05, 0) is 25.7 Å². The van der Waals surface area contributed by atoms with Crippen LogP contribution in [-0.4, -0.2) is 38.5 Å². The number of hydrogen-bond donors (Lipinski definition) is 1. The number of likely N-dealkylation sites (tertiary alicyclic amines) is 1. The zero-order valence-electron chi connectivity index (χ0n) is 13.1. The molecule has 0 spiro atoms. The molecule has 1 saturated carbocycles. The molecule has 2 aliphatic rings. The maximum Gasteiger partial charge on any atom is 0.0863 e. The number of hydrogen-bond acceptors (Lipinski definition) is 3. The van der Waals surface area contributed by atoms with Gasteiger partial charge in [-0.2, -0.15) is 5.10 Å². The van der Waals surface area contributed by atoms with Crippen LogP contribution in [0.5, 0.6) is 0 Å². The third-order valence-electron chi connectivity index (χ3n) is 5.39. The van der Waals surface area contributed by atoms with Crippen molar-refractivity contribution in [3.63, 3.8) is 0 Å². The Morgan fingerprint density at radius 2 is 2.19 bits per heavy atom. The summed E-state index contributed by atoms with van der Waals surface area (Å²) in [5, 5.41) is 16.1. The highest BCUT2D eigenvalue weighted by molar-refractivity contribution is 6.31. The summed E-state index contributed by atoms with van der Waals surface area (Å²) in [5.41, 5.74) is 1.69. The molecule has 0 amide bonds. The van der Waals surface area contributed by atoms with Crippen LogP contribution in [0, 0.1) is 5.92 Å². The van der Waals surface area contributed by atoms with Crippen molar-refractivity contribution in [3.05, 3.63) is 16.4 Å². The van der Waals surface area contributed by atoms with Crippen molar-refractivity contribution in [1.82, 2.24) is 14.7 Å². The van der Waals surface area contributed by atoms with Gasteiger partial charge in [0.05, 0.1) is 22.0 Å². The van der Waals surface area contributed by atoms with Crippen LogP contribution in [0.15, 0.2) is 0 Å². The summed E-state index contributed by atoms with van der Waals surface area (Å²) in [5.74, 6) is 0.428. The molecule has 0 aromatic carbocycles. The van der Waals surface area contributed by atoms with Gasteiger partial charge in [-0.15, -0.1) is 0 Å². The predicted octanol–water partition coefficient (Wildman–Crippen LogP) is 2.76. The van der Waals surface area contributed by atoms with Crippen molar-refractivity contribution in [1.29, 1.82) is 0 Å². The Hall–Kier alpha value is -0.580. The van der Waals surface area contributed by atoms with Gasteiger partial charge >= 0.3 is 0 Å². The largest absolute Gasteiger partial charge is 0.390 e. The van der Waals surface area contributed by atoms with Crippen LogP contribution in [-0.2, 0) is 20.0 Å². The lowest BCUT2D eigenvalue weighted by Gasteiger charge is -2.47. The first-order valence-corrected chi connectivity index (χ1v) is 8.56. The van der Waals surface area contributed by atoms with E-state index in [0.29, 0.717) is 5.92 Å². The zero-order valence-corrected chi connectivity index (χ0v) is 13.9. The number of aliphatic hydroxyl groups is 1. The summed E-state index contributed by atoms with van der Waals surface area (Å²) >= 11 is 6.45. The number of halogens is 1. The lowest BCUT2D eigenvalue weighted by molar-refractivity contribution is -0.0970. The first kappa shape index (κ1) is 15.3. The van der Waals surface area contributed by atoms with Gasteiger partial charge in [0.1, 0.15) is 0 Å². The van der Waals surface area contributed by atoms with E-state index in [1.807, 2.05) is 11.7 Å². The minimum atomic E-state index is -0.403. The molecule has 1 aromatic rings. The molecular formula is C16H26ClN3O. The summed E-state index contributed by atoms with van der Waals surface area (Å²) in [7, 11) is 1.97. The summed E-state index contributed by atoms with van der Waals surface area (Å²) in [6.07, 6.45) is 6.35. The topological polar surface area (TPSA) is 41.3 Å². The van der Waals surface area contributed by atoms with E-state index >= 15 is 0 Å². The highest BCUT2D eigenvalue weighted by Gasteiger charge is 2.42. The molecule has 1 N–H and O–H groups in total. The number of rotatable bonds is 3. The van der Waals surface area contributed by atoms with Crippen molar-refractivity contribution in [2.24, 2.45) is 13.0 Å². The average molecular weight is 312 g/mol. The van der Waals surface area contributed by atoms with E-state index in [-0.39, 0.29) is 0 Å². The number of piperidine rings is 1. The summed E-state index contributed by atoms with van der Waals surface area (Å²) in [6.45, 7) is 4.87. The van der Waals surface area contributed by atoms with Crippen LogP contribution in [0.4, 0.5) is 0 Å². The minimum Gasteiger partial charge on any atom is -0.390 e. The molecule has 1 aliphatic heterocycles. The molecular weight excluding hydrogens is 286 g/mol. The van der Waals surface area contributed by atoms with Crippen LogP contribution in [0.1, 0.15) is 50.4 Å². The standard InChI is InChI=1S/C16H26ClN3O/c1-3-13-15(17)14(19(2)18-13)11-20-9-8-16(21)7-5-4-6-12(16)10-20/h12,21H,3-11H2,1-2H3. The van der Waals surface area contributed by atoms with Crippen molar-refractivity contribution in [2.45, 2.75) is 57.6 Å². The normalized spacial score (nSPS) is 30.4. The van der Waals surface area contributed by atoms with E-state index in [0.717, 1.165) is 61.7 Å². The predicted molar refractivity (Wildman–Crippen MR) is 84.4 cm³/mol. The summed E-state index contributed by atoms with van der Waals surface area (Å²) in [4.78, 5) is 2.44. The van der Waals surface area contributed by atoms with Gasteiger partial charge in [0, 0.05) is 32.6 Å². The van der Waals surface area contributed by atoms with Crippen molar-refractivity contribution < 1.29 is 5.11 Å². The number of aromatic nitrogens is 2. The first-order valence-electron chi connectivity index (χ1n) is 8.18. The number of fused-ring (bicyclic) bond motifs is 1. The second kappa shape index (κ2) is 5.90. The molecule has 5 heteroatoms. The monoisotopic (exact) mass is 311 g/mol. The second-order valence-electron chi connectivity index (χ2n) is 6.72. The van der Waals surface area contributed by atoms with Crippen LogP contribution in [0.2, 0.25) is 5.02 Å². The van der Waals surface area contributed by atoms with Gasteiger partial charge in [-0.25, -0.2) is 0 Å². The molecule has 1 aliphatic carbocycles. The Morgan fingerprint density at radius 1 is 1.38 bits per heavy atom. The van der Waals surface area contributed by atoms with Crippen molar-refractivity contribution in [2.75, 3.05) is 13.1 Å². The lowest BCUT2D eigenvalue weighted by atomic mass is 9.71. The number of aryl methyl sites for hydroxylation is 2. The molecule has 21 heavy (non-hydrogen) atoms. The fourth-order valence-corrected chi connectivity index (χ4v) is 4.34. The summed E-state index contributed by atoms with van der Waals surface area (Å²) < 4.78 is 1.92. The van der Waals surface area contributed by atoms with Gasteiger partial charge in [0.25, 0.3) is 0 Å². The van der Waals surface area contributed by atoms with Gasteiger partial charge in [-0.1, -0.05) is 31.4 Å². The Morgan fingerprint density at radius 3 is 2.90 bits per heavy atom. The molecule has 0 radical (unpaired) electrons. The SMILES string of the molecule is CCc1nn(C)c(CN2CCC3(O)CCCCC3C2)c1Cl. The average Bonchev–Trinajstić information content (AvgIpc) is 2.74. The maximum atomic E-state index is 10.8. The third-order valence-corrected chi connectivity index (χ3v) is 5.82. The Labute approximate surface area is 132 Å². The lowest BCUT2D eigenvalue weighted by Crippen LogP contribution is -2.53. The van der Waals surface area contributed by atoms with Crippen molar-refractivity contribution >= 4 is 11.6 Å². The van der Waals surface area contributed by atoms with Crippen LogP contribution >= 0.6 is 11.6 Å². The Kier molecular flexibility index (Phi) is 4.30. The fourth-order valence-electron chi connectivity index (χ4n) is 3.99. The third kappa shape index (κ3) is 2.86.